The summed E-state index contributed by atoms with van der Waals surface area (Å²) in [5, 5.41) is 23.4. The maximum absolute atomic E-state index is 13.5. The normalized spacial score (nSPS) is 12.0. The predicted octanol–water partition coefficient (Wildman–Crippen LogP) is 5.86. The first-order valence-corrected chi connectivity index (χ1v) is 10.9. The second-order valence-electron chi connectivity index (χ2n) is 7.96. The van der Waals surface area contributed by atoms with Gasteiger partial charge in [0, 0.05) is 53.8 Å². The molecule has 1 aromatic heterocycles. The molecule has 0 saturated carbocycles. The topological polar surface area (TPSA) is 72.4 Å². The summed E-state index contributed by atoms with van der Waals surface area (Å²) in [6, 6.07) is 22.3. The highest BCUT2D eigenvalue weighted by molar-refractivity contribution is 5.97. The standard InChI is InChI=1S/C27H26FN3O2/c1-30-27(32)25-22-16-21(18-8-4-3-5-9-18)23(31(2)15-7-6-14-29)17-24(22)33-26(25)19-10-12-20(28)13-11-19/h3-5,8-13,16-17,27,30,32H,6-7,15H2,1-2H3. The van der Waals surface area contributed by atoms with E-state index < -0.39 is 6.23 Å². The molecule has 0 amide bonds. The van der Waals surface area contributed by atoms with Crippen molar-refractivity contribution < 1.29 is 13.9 Å². The number of rotatable bonds is 8. The third-order valence-electron chi connectivity index (χ3n) is 5.78. The fourth-order valence-electron chi connectivity index (χ4n) is 4.06. The van der Waals surface area contributed by atoms with Crippen molar-refractivity contribution in [2.75, 3.05) is 25.5 Å². The van der Waals surface area contributed by atoms with E-state index in [4.69, 9.17) is 9.68 Å². The Morgan fingerprint density at radius 3 is 2.48 bits per heavy atom. The zero-order chi connectivity index (χ0) is 23.4. The number of hydrogen-bond donors (Lipinski definition) is 2. The number of nitrogens with one attached hydrogen (secondary N) is 1. The summed E-state index contributed by atoms with van der Waals surface area (Å²) in [6.07, 6.45) is 0.276. The molecule has 1 atom stereocenters. The predicted molar refractivity (Wildman–Crippen MR) is 129 cm³/mol. The number of anilines is 1. The molecular formula is C27H26FN3O2. The molecule has 3 aromatic carbocycles. The Morgan fingerprint density at radius 2 is 1.82 bits per heavy atom. The van der Waals surface area contributed by atoms with Crippen molar-refractivity contribution in [1.29, 1.82) is 5.26 Å². The number of aliphatic hydroxyl groups excluding tert-OH is 1. The summed E-state index contributed by atoms with van der Waals surface area (Å²) in [5.41, 5.74) is 4.92. The molecule has 5 nitrogen and oxygen atoms in total. The van der Waals surface area contributed by atoms with Gasteiger partial charge in [0.25, 0.3) is 0 Å². The molecule has 0 aliphatic carbocycles. The highest BCUT2D eigenvalue weighted by Gasteiger charge is 2.24. The molecule has 6 heteroatoms. The second kappa shape index (κ2) is 9.86. The molecule has 0 aliphatic rings. The van der Waals surface area contributed by atoms with E-state index in [9.17, 15) is 9.50 Å². The van der Waals surface area contributed by atoms with Gasteiger partial charge < -0.3 is 14.4 Å². The summed E-state index contributed by atoms with van der Waals surface area (Å²) in [6.45, 7) is 0.719. The summed E-state index contributed by atoms with van der Waals surface area (Å²) < 4.78 is 19.8. The number of nitrogens with zero attached hydrogens (tertiary/aromatic N) is 2. The van der Waals surface area contributed by atoms with Gasteiger partial charge in [0.05, 0.1) is 6.07 Å². The van der Waals surface area contributed by atoms with E-state index in [2.05, 4.69) is 16.3 Å². The molecule has 4 aromatic rings. The van der Waals surface area contributed by atoms with Gasteiger partial charge in [0.15, 0.2) is 0 Å². The van der Waals surface area contributed by atoms with E-state index in [1.807, 2.05) is 49.5 Å². The molecule has 33 heavy (non-hydrogen) atoms. The third kappa shape index (κ3) is 4.61. The number of nitriles is 1. The summed E-state index contributed by atoms with van der Waals surface area (Å²) in [4.78, 5) is 2.12. The minimum absolute atomic E-state index is 0.335. The van der Waals surface area contributed by atoms with Crippen LogP contribution in [-0.4, -0.2) is 25.7 Å². The monoisotopic (exact) mass is 443 g/mol. The molecule has 0 saturated heterocycles. The van der Waals surface area contributed by atoms with Crippen LogP contribution < -0.4 is 10.2 Å². The van der Waals surface area contributed by atoms with Crippen molar-refractivity contribution in [3.8, 4) is 28.5 Å². The Morgan fingerprint density at radius 1 is 1.09 bits per heavy atom. The van der Waals surface area contributed by atoms with Gasteiger partial charge in [-0.25, -0.2) is 4.39 Å². The first-order valence-electron chi connectivity index (χ1n) is 10.9. The van der Waals surface area contributed by atoms with Gasteiger partial charge in [0.2, 0.25) is 0 Å². The number of aliphatic hydroxyl groups is 1. The average molecular weight is 444 g/mol. The Kier molecular flexibility index (Phi) is 6.74. The van der Waals surface area contributed by atoms with Crippen LogP contribution in [0.3, 0.4) is 0 Å². The van der Waals surface area contributed by atoms with E-state index in [1.54, 1.807) is 19.2 Å². The largest absolute Gasteiger partial charge is 0.456 e. The van der Waals surface area contributed by atoms with Crippen LogP contribution in [0.1, 0.15) is 24.6 Å². The Labute approximate surface area is 192 Å². The van der Waals surface area contributed by atoms with Crippen molar-refractivity contribution in [1.82, 2.24) is 5.32 Å². The Hall–Kier alpha value is -3.66. The molecule has 0 radical (unpaired) electrons. The number of furan rings is 1. The van der Waals surface area contributed by atoms with E-state index in [0.717, 1.165) is 35.2 Å². The first-order chi connectivity index (χ1) is 16.0. The molecule has 1 heterocycles. The fourth-order valence-corrected chi connectivity index (χ4v) is 4.06. The highest BCUT2D eigenvalue weighted by Crippen LogP contribution is 2.42. The van der Waals surface area contributed by atoms with Crippen LogP contribution in [0.15, 0.2) is 71.1 Å². The lowest BCUT2D eigenvalue weighted by Crippen LogP contribution is -2.19. The SMILES string of the molecule is CNC(O)c1c(-c2ccc(F)cc2)oc2cc(N(C)CCCC#N)c(-c3ccccc3)cc12. The molecular weight excluding hydrogens is 417 g/mol. The van der Waals surface area contributed by atoms with Gasteiger partial charge in [-0.15, -0.1) is 0 Å². The molecule has 2 N–H and O–H groups in total. The van der Waals surface area contributed by atoms with Crippen molar-refractivity contribution in [3.05, 3.63) is 78.1 Å². The van der Waals surface area contributed by atoms with Crippen LogP contribution in [0.2, 0.25) is 0 Å². The van der Waals surface area contributed by atoms with Crippen LogP contribution in [0.5, 0.6) is 0 Å². The third-order valence-corrected chi connectivity index (χ3v) is 5.78. The maximum atomic E-state index is 13.5. The van der Waals surface area contributed by atoms with Crippen molar-refractivity contribution in [2.45, 2.75) is 19.1 Å². The van der Waals surface area contributed by atoms with Crippen molar-refractivity contribution in [3.63, 3.8) is 0 Å². The van der Waals surface area contributed by atoms with Crippen LogP contribution >= 0.6 is 0 Å². The minimum Gasteiger partial charge on any atom is -0.456 e. The second-order valence-corrected chi connectivity index (χ2v) is 7.96. The van der Waals surface area contributed by atoms with Crippen LogP contribution in [0.25, 0.3) is 33.4 Å². The number of halogens is 1. The lowest BCUT2D eigenvalue weighted by Gasteiger charge is -2.22. The van der Waals surface area contributed by atoms with Gasteiger partial charge in [-0.3, -0.25) is 5.32 Å². The minimum atomic E-state index is -0.964. The number of benzene rings is 3. The van der Waals surface area contributed by atoms with Gasteiger partial charge in [-0.2, -0.15) is 5.26 Å². The fraction of sp³-hybridized carbons (Fsp3) is 0.222. The van der Waals surface area contributed by atoms with Gasteiger partial charge in [0.1, 0.15) is 23.4 Å². The number of unbranched alkanes of at least 4 members (excludes halogenated alkanes) is 1. The lowest BCUT2D eigenvalue weighted by molar-refractivity contribution is 0.150. The van der Waals surface area contributed by atoms with E-state index >= 15 is 0 Å². The van der Waals surface area contributed by atoms with Crippen molar-refractivity contribution >= 4 is 16.7 Å². The van der Waals surface area contributed by atoms with Crippen LogP contribution in [-0.2, 0) is 0 Å². The lowest BCUT2D eigenvalue weighted by atomic mass is 9.97. The smallest absolute Gasteiger partial charge is 0.142 e. The summed E-state index contributed by atoms with van der Waals surface area (Å²) in [7, 11) is 3.67. The van der Waals surface area contributed by atoms with Crippen molar-refractivity contribution in [2.24, 2.45) is 0 Å². The quantitative estimate of drug-likeness (QED) is 0.264. The number of hydrogen-bond acceptors (Lipinski definition) is 5. The first kappa shape index (κ1) is 22.5. The van der Waals surface area contributed by atoms with Gasteiger partial charge in [-0.1, -0.05) is 30.3 Å². The molecule has 4 rings (SSSR count). The Balaban J connectivity index is 1.94. The average Bonchev–Trinajstić information content (AvgIpc) is 3.22. The van der Waals surface area contributed by atoms with Gasteiger partial charge >= 0.3 is 0 Å². The van der Waals surface area contributed by atoms with Crippen LogP contribution in [0.4, 0.5) is 10.1 Å². The molecule has 0 fully saturated rings. The number of fused-ring (bicyclic) bond motifs is 1. The summed E-state index contributed by atoms with van der Waals surface area (Å²) >= 11 is 0. The molecule has 168 valence electrons. The van der Waals surface area contributed by atoms with Gasteiger partial charge in [-0.05, 0) is 49.4 Å². The maximum Gasteiger partial charge on any atom is 0.142 e. The van der Waals surface area contributed by atoms with E-state index in [-0.39, 0.29) is 5.82 Å². The zero-order valence-corrected chi connectivity index (χ0v) is 18.7. The Bertz CT molecular complexity index is 1280. The van der Waals surface area contributed by atoms with E-state index in [1.165, 1.54) is 12.1 Å². The molecule has 0 aliphatic heterocycles. The van der Waals surface area contributed by atoms with E-state index in [0.29, 0.717) is 28.9 Å². The zero-order valence-electron chi connectivity index (χ0n) is 18.7. The highest BCUT2D eigenvalue weighted by atomic mass is 19.1. The summed E-state index contributed by atoms with van der Waals surface area (Å²) in [5.74, 6) is 0.161. The molecule has 0 bridgehead atoms. The molecule has 0 spiro atoms. The van der Waals surface area contributed by atoms with Crippen LogP contribution in [0, 0.1) is 17.1 Å². The molecule has 1 unspecified atom stereocenters.